The first kappa shape index (κ1) is 16.7. The Labute approximate surface area is 157 Å². The largest absolute Gasteiger partial charge is 0.284 e. The van der Waals surface area contributed by atoms with E-state index in [1.165, 1.54) is 11.1 Å². The first-order chi connectivity index (χ1) is 12.8. The van der Waals surface area contributed by atoms with Crippen LogP contribution >= 0.6 is 11.6 Å². The van der Waals surface area contributed by atoms with Gasteiger partial charge in [-0.3, -0.25) is 14.7 Å². The summed E-state index contributed by atoms with van der Waals surface area (Å²) in [5, 5.41) is 5.44. The summed E-state index contributed by atoms with van der Waals surface area (Å²) in [4.78, 5) is 8.94. The lowest BCUT2D eigenvalue weighted by atomic mass is 9.96. The Hall–Kier alpha value is -2.72. The second-order valence-electron chi connectivity index (χ2n) is 6.31. The van der Waals surface area contributed by atoms with Crippen molar-refractivity contribution in [2.24, 2.45) is 4.99 Å². The number of hydrogen-bond donors (Lipinski definition) is 0. The van der Waals surface area contributed by atoms with Crippen molar-refractivity contribution in [2.75, 3.05) is 6.54 Å². The molecule has 0 atom stereocenters. The van der Waals surface area contributed by atoms with E-state index in [1.54, 1.807) is 6.20 Å². The van der Waals surface area contributed by atoms with E-state index in [4.69, 9.17) is 16.6 Å². The zero-order chi connectivity index (χ0) is 17.8. The van der Waals surface area contributed by atoms with Crippen LogP contribution in [-0.2, 0) is 6.54 Å². The maximum absolute atomic E-state index is 5.95. The quantitative estimate of drug-likeness (QED) is 0.678. The highest BCUT2D eigenvalue weighted by Crippen LogP contribution is 2.21. The second-order valence-corrected chi connectivity index (χ2v) is 6.75. The Morgan fingerprint density at radius 3 is 2.81 bits per heavy atom. The average Bonchev–Trinajstić information content (AvgIpc) is 3.12. The molecule has 1 aliphatic heterocycles. The van der Waals surface area contributed by atoms with Crippen LogP contribution in [0.3, 0.4) is 0 Å². The number of allylic oxidation sites excluding steroid dienone is 1. The number of halogens is 1. The average molecular weight is 363 g/mol. The zero-order valence-corrected chi connectivity index (χ0v) is 15.1. The van der Waals surface area contributed by atoms with Gasteiger partial charge in [0.2, 0.25) is 0 Å². The van der Waals surface area contributed by atoms with Gasteiger partial charge in [-0.05, 0) is 60.4 Å². The van der Waals surface area contributed by atoms with Crippen LogP contribution in [0.1, 0.15) is 29.7 Å². The van der Waals surface area contributed by atoms with Gasteiger partial charge in [0, 0.05) is 35.7 Å². The van der Waals surface area contributed by atoms with Crippen LogP contribution in [0.15, 0.2) is 71.6 Å². The molecule has 0 bridgehead atoms. The standard InChI is InChI=1S/C21H19ClN4/c22-19-7-5-16(6-8-19)15-26-12-9-20(25-26)13-17-3-2-11-24-21(17)18-4-1-10-23-14-18/h1,4-10,12-14H,2-3,11,15H2/b17-13+. The van der Waals surface area contributed by atoms with Gasteiger partial charge >= 0.3 is 0 Å². The molecule has 0 fully saturated rings. The molecule has 0 aliphatic carbocycles. The molecule has 4 rings (SSSR count). The Morgan fingerprint density at radius 2 is 2.00 bits per heavy atom. The fourth-order valence-corrected chi connectivity index (χ4v) is 3.22. The summed E-state index contributed by atoms with van der Waals surface area (Å²) in [6.07, 6.45) is 9.89. The zero-order valence-electron chi connectivity index (χ0n) is 14.3. The number of nitrogens with zero attached hydrogens (tertiary/aromatic N) is 4. The molecule has 130 valence electrons. The highest BCUT2D eigenvalue weighted by Gasteiger charge is 2.14. The maximum atomic E-state index is 5.95. The van der Waals surface area contributed by atoms with Gasteiger partial charge in [0.15, 0.2) is 0 Å². The van der Waals surface area contributed by atoms with E-state index in [9.17, 15) is 0 Å². The first-order valence-electron chi connectivity index (χ1n) is 8.72. The number of aromatic nitrogens is 3. The number of benzene rings is 1. The first-order valence-corrected chi connectivity index (χ1v) is 9.09. The summed E-state index contributed by atoms with van der Waals surface area (Å²) in [5.41, 5.74) is 5.45. The number of rotatable bonds is 4. The fraction of sp³-hybridized carbons (Fsp3) is 0.190. The van der Waals surface area contributed by atoms with Crippen molar-refractivity contribution in [3.8, 4) is 0 Å². The van der Waals surface area contributed by atoms with E-state index in [2.05, 4.69) is 22.2 Å². The molecular weight excluding hydrogens is 344 g/mol. The second kappa shape index (κ2) is 7.67. The van der Waals surface area contributed by atoms with E-state index in [0.29, 0.717) is 0 Å². The van der Waals surface area contributed by atoms with Crippen molar-refractivity contribution in [3.05, 3.63) is 88.5 Å². The Balaban J connectivity index is 1.56. The van der Waals surface area contributed by atoms with Gasteiger partial charge in [-0.15, -0.1) is 0 Å². The van der Waals surface area contributed by atoms with E-state index < -0.39 is 0 Å². The minimum Gasteiger partial charge on any atom is -0.284 e. The van der Waals surface area contributed by atoms with Gasteiger partial charge in [0.25, 0.3) is 0 Å². The van der Waals surface area contributed by atoms with Crippen molar-refractivity contribution in [1.29, 1.82) is 0 Å². The lowest BCUT2D eigenvalue weighted by molar-refractivity contribution is 0.684. The van der Waals surface area contributed by atoms with E-state index >= 15 is 0 Å². The molecule has 1 aliphatic rings. The third-order valence-electron chi connectivity index (χ3n) is 4.35. The van der Waals surface area contributed by atoms with Gasteiger partial charge in [-0.25, -0.2) is 0 Å². The fourth-order valence-electron chi connectivity index (χ4n) is 3.10. The molecule has 0 saturated heterocycles. The summed E-state index contributed by atoms with van der Waals surface area (Å²) in [7, 11) is 0. The van der Waals surface area contributed by atoms with Crippen molar-refractivity contribution in [2.45, 2.75) is 19.4 Å². The topological polar surface area (TPSA) is 43.1 Å². The minimum absolute atomic E-state index is 0.726. The molecule has 0 unspecified atom stereocenters. The molecule has 0 spiro atoms. The molecule has 1 aromatic carbocycles. The smallest absolute Gasteiger partial charge is 0.0854 e. The Bertz CT molecular complexity index is 940. The van der Waals surface area contributed by atoms with E-state index in [-0.39, 0.29) is 0 Å². The van der Waals surface area contributed by atoms with Gasteiger partial charge in [0.1, 0.15) is 0 Å². The molecule has 26 heavy (non-hydrogen) atoms. The molecule has 0 amide bonds. The van der Waals surface area contributed by atoms with Crippen molar-refractivity contribution in [3.63, 3.8) is 0 Å². The van der Waals surface area contributed by atoms with Gasteiger partial charge in [-0.2, -0.15) is 5.10 Å². The van der Waals surface area contributed by atoms with E-state index in [1.807, 2.05) is 53.5 Å². The SMILES string of the molecule is Clc1ccc(Cn2ccc(/C=C3\CCCN=C3c3cccnc3)n2)cc1. The normalized spacial score (nSPS) is 15.9. The molecule has 3 heterocycles. The minimum atomic E-state index is 0.726. The highest BCUT2D eigenvalue weighted by atomic mass is 35.5. The summed E-state index contributed by atoms with van der Waals surface area (Å²) in [6.45, 7) is 1.59. The van der Waals surface area contributed by atoms with Crippen molar-refractivity contribution in [1.82, 2.24) is 14.8 Å². The van der Waals surface area contributed by atoms with Crippen LogP contribution in [0.4, 0.5) is 0 Å². The number of pyridine rings is 1. The summed E-state index contributed by atoms with van der Waals surface area (Å²) in [5.74, 6) is 0. The lowest BCUT2D eigenvalue weighted by Gasteiger charge is -2.15. The molecule has 0 N–H and O–H groups in total. The van der Waals surface area contributed by atoms with Crippen molar-refractivity contribution < 1.29 is 0 Å². The molecule has 3 aromatic rings. The molecule has 4 nitrogen and oxygen atoms in total. The van der Waals surface area contributed by atoms with Crippen LogP contribution in [0, 0.1) is 0 Å². The molecular formula is C21H19ClN4. The van der Waals surface area contributed by atoms with Gasteiger partial charge in [0.05, 0.1) is 18.0 Å². The molecule has 0 saturated carbocycles. The number of aliphatic imine (C=N–C) groups is 1. The van der Waals surface area contributed by atoms with Crippen LogP contribution in [0.2, 0.25) is 5.02 Å². The van der Waals surface area contributed by atoms with Crippen LogP contribution in [0.5, 0.6) is 0 Å². The third-order valence-corrected chi connectivity index (χ3v) is 4.61. The van der Waals surface area contributed by atoms with Crippen LogP contribution in [-0.4, -0.2) is 27.0 Å². The van der Waals surface area contributed by atoms with Crippen LogP contribution < -0.4 is 0 Å². The lowest BCUT2D eigenvalue weighted by Crippen LogP contribution is -2.12. The summed E-state index contributed by atoms with van der Waals surface area (Å²) in [6, 6.07) is 13.9. The Morgan fingerprint density at radius 1 is 1.12 bits per heavy atom. The number of hydrogen-bond acceptors (Lipinski definition) is 3. The van der Waals surface area contributed by atoms with Crippen molar-refractivity contribution >= 4 is 23.4 Å². The predicted molar refractivity (Wildman–Crippen MR) is 106 cm³/mol. The van der Waals surface area contributed by atoms with E-state index in [0.717, 1.165) is 47.9 Å². The molecule has 0 radical (unpaired) electrons. The highest BCUT2D eigenvalue weighted by molar-refractivity contribution is 6.30. The summed E-state index contributed by atoms with van der Waals surface area (Å²) < 4.78 is 1.94. The third kappa shape index (κ3) is 3.92. The molecule has 5 heteroatoms. The predicted octanol–water partition coefficient (Wildman–Crippen LogP) is 4.65. The van der Waals surface area contributed by atoms with Crippen LogP contribution in [0.25, 0.3) is 6.08 Å². The summed E-state index contributed by atoms with van der Waals surface area (Å²) >= 11 is 5.95. The van der Waals surface area contributed by atoms with Gasteiger partial charge in [-0.1, -0.05) is 23.7 Å². The van der Waals surface area contributed by atoms with Gasteiger partial charge < -0.3 is 0 Å². The maximum Gasteiger partial charge on any atom is 0.0854 e. The molecule has 2 aromatic heterocycles. The Kier molecular flexibility index (Phi) is 4.93. The monoisotopic (exact) mass is 362 g/mol.